The normalized spacial score (nSPS) is 10.9. The van der Waals surface area contributed by atoms with Crippen molar-refractivity contribution in [1.82, 2.24) is 4.90 Å². The van der Waals surface area contributed by atoms with E-state index >= 15 is 0 Å². The zero-order valence-corrected chi connectivity index (χ0v) is 13.9. The molecule has 0 aliphatic rings. The molecule has 1 rings (SSSR count). The van der Waals surface area contributed by atoms with Crippen LogP contribution in [0.25, 0.3) is 0 Å². The van der Waals surface area contributed by atoms with Gasteiger partial charge in [0, 0.05) is 30.3 Å². The first-order chi connectivity index (χ1) is 9.93. The Morgan fingerprint density at radius 2 is 1.90 bits per heavy atom. The third-order valence-corrected chi connectivity index (χ3v) is 3.56. The van der Waals surface area contributed by atoms with Crippen LogP contribution in [0, 0.1) is 0 Å². The fraction of sp³-hybridized carbons (Fsp3) is 0.500. The zero-order chi connectivity index (χ0) is 15.8. The van der Waals surface area contributed by atoms with Gasteiger partial charge in [-0.3, -0.25) is 4.79 Å². The molecule has 0 saturated heterocycles. The summed E-state index contributed by atoms with van der Waals surface area (Å²) < 4.78 is 0. The van der Waals surface area contributed by atoms with Gasteiger partial charge in [0.2, 0.25) is 5.91 Å². The summed E-state index contributed by atoms with van der Waals surface area (Å²) in [4.78, 5) is 14.7. The van der Waals surface area contributed by atoms with Gasteiger partial charge in [-0.25, -0.2) is 0 Å². The van der Waals surface area contributed by atoms with Gasteiger partial charge >= 0.3 is 0 Å². The lowest BCUT2D eigenvalue weighted by atomic mass is 10.2. The van der Waals surface area contributed by atoms with Gasteiger partial charge in [0.1, 0.15) is 4.99 Å². The highest BCUT2D eigenvalue weighted by molar-refractivity contribution is 7.80. The van der Waals surface area contributed by atoms with E-state index in [-0.39, 0.29) is 5.91 Å². The fourth-order valence-corrected chi connectivity index (χ4v) is 2.24. The molecule has 5 heteroatoms. The molecule has 0 radical (unpaired) electrons. The first-order valence-electron chi connectivity index (χ1n) is 7.37. The van der Waals surface area contributed by atoms with Crippen molar-refractivity contribution in [3.05, 3.63) is 29.8 Å². The molecule has 0 fully saturated rings. The Balaban J connectivity index is 2.47. The third kappa shape index (κ3) is 6.23. The number of thiocarbonyl (C=S) groups is 1. The van der Waals surface area contributed by atoms with Gasteiger partial charge in [-0.1, -0.05) is 19.1 Å². The predicted octanol–water partition coefficient (Wildman–Crippen LogP) is 2.77. The first-order valence-corrected chi connectivity index (χ1v) is 7.78. The van der Waals surface area contributed by atoms with Gasteiger partial charge in [0.25, 0.3) is 0 Å². The van der Waals surface area contributed by atoms with Crippen LogP contribution in [-0.4, -0.2) is 34.9 Å². The maximum atomic E-state index is 12.0. The smallest absolute Gasteiger partial charge is 0.225 e. The van der Waals surface area contributed by atoms with Crippen LogP contribution < -0.4 is 11.1 Å². The molecule has 0 atom stereocenters. The summed E-state index contributed by atoms with van der Waals surface area (Å²) in [6, 6.07) is 7.73. The van der Waals surface area contributed by atoms with Gasteiger partial charge < -0.3 is 16.0 Å². The summed E-state index contributed by atoms with van der Waals surface area (Å²) >= 11 is 4.90. The van der Waals surface area contributed by atoms with Crippen LogP contribution in [0.4, 0.5) is 5.69 Å². The van der Waals surface area contributed by atoms with Crippen LogP contribution in [0.15, 0.2) is 24.3 Å². The lowest BCUT2D eigenvalue weighted by Crippen LogP contribution is -2.34. The molecule has 0 aromatic heterocycles. The molecular weight excluding hydrogens is 282 g/mol. The maximum absolute atomic E-state index is 12.0. The molecule has 0 aliphatic carbocycles. The Bertz CT molecular complexity index is 471. The fourth-order valence-electron chi connectivity index (χ4n) is 2.10. The molecule has 0 heterocycles. The van der Waals surface area contributed by atoms with Crippen molar-refractivity contribution in [3.63, 3.8) is 0 Å². The number of benzene rings is 1. The molecular formula is C16H25N3OS. The summed E-state index contributed by atoms with van der Waals surface area (Å²) in [5.41, 5.74) is 7.11. The average Bonchev–Trinajstić information content (AvgIpc) is 2.43. The number of hydrogen-bond donors (Lipinski definition) is 2. The number of nitrogens with two attached hydrogens (primary N) is 1. The van der Waals surface area contributed by atoms with Gasteiger partial charge in [-0.2, -0.15) is 0 Å². The number of carbonyl (C=O) groups excluding carboxylic acids is 1. The van der Waals surface area contributed by atoms with Crippen molar-refractivity contribution >= 4 is 28.8 Å². The Hall–Kier alpha value is -1.46. The molecule has 3 N–H and O–H groups in total. The minimum Gasteiger partial charge on any atom is -0.389 e. The highest BCUT2D eigenvalue weighted by Gasteiger charge is 2.10. The number of anilines is 1. The number of amides is 1. The second-order valence-electron chi connectivity index (χ2n) is 5.37. The van der Waals surface area contributed by atoms with Crippen molar-refractivity contribution in [1.29, 1.82) is 0 Å². The molecule has 21 heavy (non-hydrogen) atoms. The van der Waals surface area contributed by atoms with Gasteiger partial charge in [-0.15, -0.1) is 0 Å². The highest BCUT2D eigenvalue weighted by Crippen LogP contribution is 2.10. The van der Waals surface area contributed by atoms with E-state index in [0.29, 0.717) is 17.5 Å². The minimum absolute atomic E-state index is 0.0276. The molecule has 1 amide bonds. The van der Waals surface area contributed by atoms with E-state index in [1.54, 1.807) is 0 Å². The predicted molar refractivity (Wildman–Crippen MR) is 92.6 cm³/mol. The van der Waals surface area contributed by atoms with Crippen molar-refractivity contribution in [3.8, 4) is 0 Å². The van der Waals surface area contributed by atoms with Crippen LogP contribution >= 0.6 is 12.2 Å². The molecule has 4 nitrogen and oxygen atoms in total. The largest absolute Gasteiger partial charge is 0.389 e. The van der Waals surface area contributed by atoms with Crippen LogP contribution in [0.3, 0.4) is 0 Å². The van der Waals surface area contributed by atoms with E-state index in [1.807, 2.05) is 24.3 Å². The Morgan fingerprint density at radius 1 is 1.29 bits per heavy atom. The second-order valence-corrected chi connectivity index (χ2v) is 5.81. The summed E-state index contributed by atoms with van der Waals surface area (Å²) in [7, 11) is 0. The molecule has 1 aromatic carbocycles. The molecule has 0 bridgehead atoms. The molecule has 0 saturated carbocycles. The summed E-state index contributed by atoms with van der Waals surface area (Å²) in [6.45, 7) is 8.26. The summed E-state index contributed by atoms with van der Waals surface area (Å²) in [5, 5.41) is 2.89. The minimum atomic E-state index is 0.0276. The third-order valence-electron chi connectivity index (χ3n) is 3.32. The van der Waals surface area contributed by atoms with Crippen LogP contribution in [0.2, 0.25) is 0 Å². The van der Waals surface area contributed by atoms with Gasteiger partial charge in [-0.05, 0) is 51.1 Å². The van der Waals surface area contributed by atoms with E-state index in [1.165, 1.54) is 0 Å². The molecule has 116 valence electrons. The number of carbonyl (C=O) groups is 1. The van der Waals surface area contributed by atoms with Crippen molar-refractivity contribution in [2.24, 2.45) is 5.73 Å². The SMILES string of the molecule is CCCN(CCC(=O)Nc1ccc(C(N)=S)cc1)C(C)C. The van der Waals surface area contributed by atoms with Crippen LogP contribution in [0.1, 0.15) is 39.2 Å². The Morgan fingerprint density at radius 3 is 2.38 bits per heavy atom. The topological polar surface area (TPSA) is 58.4 Å². The Kier molecular flexibility index (Phi) is 7.32. The van der Waals surface area contributed by atoms with E-state index in [0.717, 1.165) is 30.8 Å². The number of nitrogens with one attached hydrogen (secondary N) is 1. The lowest BCUT2D eigenvalue weighted by molar-refractivity contribution is -0.116. The molecule has 0 aliphatic heterocycles. The molecule has 1 aromatic rings. The van der Waals surface area contributed by atoms with Crippen molar-refractivity contribution in [2.45, 2.75) is 39.7 Å². The van der Waals surface area contributed by atoms with E-state index in [2.05, 4.69) is 31.0 Å². The van der Waals surface area contributed by atoms with Gasteiger partial charge in [0.05, 0.1) is 0 Å². The highest BCUT2D eigenvalue weighted by atomic mass is 32.1. The zero-order valence-electron chi connectivity index (χ0n) is 13.1. The van der Waals surface area contributed by atoms with E-state index < -0.39 is 0 Å². The molecule has 0 unspecified atom stereocenters. The van der Waals surface area contributed by atoms with Gasteiger partial charge in [0.15, 0.2) is 0 Å². The number of nitrogens with zero attached hydrogens (tertiary/aromatic N) is 1. The van der Waals surface area contributed by atoms with E-state index in [9.17, 15) is 4.79 Å². The van der Waals surface area contributed by atoms with Crippen LogP contribution in [-0.2, 0) is 4.79 Å². The standard InChI is InChI=1S/C16H25N3OS/c1-4-10-19(12(2)3)11-9-15(20)18-14-7-5-13(6-8-14)16(17)21/h5-8,12H,4,9-11H2,1-3H3,(H2,17,21)(H,18,20). The van der Waals surface area contributed by atoms with Crippen molar-refractivity contribution in [2.75, 3.05) is 18.4 Å². The monoisotopic (exact) mass is 307 g/mol. The average molecular weight is 307 g/mol. The lowest BCUT2D eigenvalue weighted by Gasteiger charge is -2.25. The quantitative estimate of drug-likeness (QED) is 0.725. The maximum Gasteiger partial charge on any atom is 0.225 e. The van der Waals surface area contributed by atoms with Crippen molar-refractivity contribution < 1.29 is 4.79 Å². The van der Waals surface area contributed by atoms with Crippen LogP contribution in [0.5, 0.6) is 0 Å². The number of rotatable bonds is 8. The molecule has 0 spiro atoms. The summed E-state index contributed by atoms with van der Waals surface area (Å²) in [6.07, 6.45) is 1.59. The van der Waals surface area contributed by atoms with E-state index in [4.69, 9.17) is 18.0 Å². The number of hydrogen-bond acceptors (Lipinski definition) is 3. The first kappa shape index (κ1) is 17.6. The second kappa shape index (κ2) is 8.74. The summed E-state index contributed by atoms with van der Waals surface area (Å²) in [5.74, 6) is 0.0276. The Labute approximate surface area is 132 Å².